The molecular weight excluding hydrogens is 807 g/mol. The second-order valence-corrected chi connectivity index (χ2v) is 17.3. The zero-order chi connectivity index (χ0) is 40.4. The highest BCUT2D eigenvalue weighted by Crippen LogP contribution is 2.29. The first kappa shape index (κ1) is 44.0. The number of ether oxygens (including phenoxy) is 2. The summed E-state index contributed by atoms with van der Waals surface area (Å²) in [6, 6.07) is 11.8. The second-order valence-electron chi connectivity index (χ2n) is 13.9. The van der Waals surface area contributed by atoms with Crippen LogP contribution in [0.2, 0.25) is 5.28 Å². The number of nitrogens with one attached hydrogen (secondary N) is 3. The van der Waals surface area contributed by atoms with Crippen molar-refractivity contribution in [2.24, 2.45) is 22.1 Å². The van der Waals surface area contributed by atoms with Gasteiger partial charge in [0.2, 0.25) is 43.0 Å². The largest absolute Gasteiger partial charge is 0.477 e. The summed E-state index contributed by atoms with van der Waals surface area (Å²) in [7, 11) is -7.31. The molecule has 0 amide bonds. The van der Waals surface area contributed by atoms with E-state index in [4.69, 9.17) is 37.1 Å². The van der Waals surface area contributed by atoms with E-state index in [1.54, 1.807) is 24.5 Å². The topological polar surface area (TPSA) is 286 Å². The number of nitrogen functional groups attached to an aromatic ring is 1. The highest BCUT2D eigenvalue weighted by molar-refractivity contribution is 7.89. The van der Waals surface area contributed by atoms with E-state index < -0.39 is 20.0 Å². The lowest BCUT2D eigenvalue weighted by Crippen LogP contribution is -2.16. The van der Waals surface area contributed by atoms with Crippen molar-refractivity contribution in [1.82, 2.24) is 40.3 Å². The van der Waals surface area contributed by atoms with Gasteiger partial charge in [-0.1, -0.05) is 38.5 Å². The van der Waals surface area contributed by atoms with E-state index in [2.05, 4.69) is 45.6 Å². The average Bonchev–Trinajstić information content (AvgIpc) is 3.87. The number of anilines is 3. The lowest BCUT2D eigenvalue weighted by molar-refractivity contribution is 0.205. The Hall–Kier alpha value is -5.09. The van der Waals surface area contributed by atoms with Gasteiger partial charge in [-0.2, -0.15) is 30.1 Å². The van der Waals surface area contributed by atoms with Crippen LogP contribution in [0.25, 0.3) is 22.1 Å². The minimum atomic E-state index is -3.73. The third kappa shape index (κ3) is 12.5. The van der Waals surface area contributed by atoms with Crippen LogP contribution in [-0.4, -0.2) is 78.8 Å². The Morgan fingerprint density at radius 1 is 0.655 bits per heavy atom. The van der Waals surface area contributed by atoms with Gasteiger partial charge in [0.25, 0.3) is 0 Å². The first-order valence-electron chi connectivity index (χ1n) is 18.4. The normalized spacial score (nSPS) is 15.0. The number of fused-ring (bicyclic) bond motifs is 2. The van der Waals surface area contributed by atoms with Crippen molar-refractivity contribution in [3.8, 4) is 11.8 Å². The molecule has 3 radical (unpaired) electrons. The SMILES string of the molecule is Clc1nc(OCC2CCCCC2)c2cn[nH]c2n1.NS(=O)(=O)c1ccc(Nc2nc(OCC3CCCCC3)c3cn[nH]c3n2)cc1.Nc1ccc(S(N)(=O)=O)cc1.[B]. The summed E-state index contributed by atoms with van der Waals surface area (Å²) in [6.07, 6.45) is 15.9. The van der Waals surface area contributed by atoms with Crippen LogP contribution in [0.5, 0.6) is 11.8 Å². The summed E-state index contributed by atoms with van der Waals surface area (Å²) < 4.78 is 55.9. The number of hydrogen-bond acceptors (Lipinski definition) is 14. The summed E-state index contributed by atoms with van der Waals surface area (Å²) in [4.78, 5) is 17.2. The van der Waals surface area contributed by atoms with Crippen LogP contribution in [0.1, 0.15) is 64.2 Å². The number of aromatic amines is 2. The molecule has 0 unspecified atom stereocenters. The molecule has 0 aliphatic heterocycles. The summed E-state index contributed by atoms with van der Waals surface area (Å²) >= 11 is 5.85. The highest BCUT2D eigenvalue weighted by Gasteiger charge is 2.18. The van der Waals surface area contributed by atoms with Crippen LogP contribution in [0.15, 0.2) is 70.7 Å². The van der Waals surface area contributed by atoms with Gasteiger partial charge >= 0.3 is 0 Å². The minimum absolute atomic E-state index is 0. The van der Waals surface area contributed by atoms with Crippen molar-refractivity contribution >= 4 is 79.5 Å². The van der Waals surface area contributed by atoms with Crippen LogP contribution < -0.4 is 30.8 Å². The van der Waals surface area contributed by atoms with Gasteiger partial charge in [0.15, 0.2) is 11.3 Å². The molecule has 22 heteroatoms. The van der Waals surface area contributed by atoms with Crippen LogP contribution in [-0.2, 0) is 20.0 Å². The Kier molecular flexibility index (Phi) is 15.2. The molecule has 2 fully saturated rings. The number of rotatable bonds is 10. The highest BCUT2D eigenvalue weighted by atomic mass is 35.5. The van der Waals surface area contributed by atoms with Gasteiger partial charge in [-0.25, -0.2) is 27.1 Å². The van der Waals surface area contributed by atoms with Crippen molar-refractivity contribution < 1.29 is 26.3 Å². The Morgan fingerprint density at radius 3 is 1.59 bits per heavy atom. The standard InChI is InChI=1S/C18H22N6O3S.C12H15ClN4O.C6H8N2O2S.B/c19-28(25,26)14-8-6-13(7-9-14)21-18-22-16-15(10-20-24-16)17(23-18)27-11-12-4-2-1-3-5-12;13-12-15-10-9(6-14-17-10)11(16-12)18-7-8-4-2-1-3-5-8;7-5-1-3-6(4-2-5)11(8,9)10;/h6-10,12H,1-5,11H2,(H2,19,25,26)(H2,20,21,22,23,24);6,8H,1-5,7H2,(H,14,15,16,17);1-4H,7H2,(H2,8,9,10);. The van der Waals surface area contributed by atoms with Crippen LogP contribution in [0.4, 0.5) is 17.3 Å². The summed E-state index contributed by atoms with van der Waals surface area (Å²) in [5.41, 5.74) is 7.66. The minimum Gasteiger partial charge on any atom is -0.477 e. The molecule has 0 bridgehead atoms. The van der Waals surface area contributed by atoms with Crippen LogP contribution in [0.3, 0.4) is 0 Å². The number of H-pyrrole nitrogens is 2. The van der Waals surface area contributed by atoms with E-state index in [9.17, 15) is 16.8 Å². The molecule has 8 rings (SSSR count). The Balaban J connectivity index is 0.000000183. The first-order chi connectivity index (χ1) is 27.3. The number of halogens is 1. The van der Waals surface area contributed by atoms with Gasteiger partial charge < -0.3 is 20.5 Å². The molecule has 2 aliphatic rings. The zero-order valence-corrected chi connectivity index (χ0v) is 33.9. The fourth-order valence-corrected chi connectivity index (χ4v) is 7.67. The smallest absolute Gasteiger partial charge is 0.238 e. The molecule has 0 atom stereocenters. The molecule has 307 valence electrons. The van der Waals surface area contributed by atoms with Crippen molar-refractivity contribution in [3.05, 3.63) is 66.2 Å². The number of nitrogens with zero attached hydrogens (tertiary/aromatic N) is 6. The maximum Gasteiger partial charge on any atom is 0.238 e. The molecule has 4 aromatic heterocycles. The van der Waals surface area contributed by atoms with E-state index in [0.29, 0.717) is 65.4 Å². The molecule has 2 saturated carbocycles. The van der Waals surface area contributed by atoms with Crippen molar-refractivity contribution in [1.29, 1.82) is 0 Å². The fourth-order valence-electron chi connectivity index (χ4n) is 6.48. The number of aromatic nitrogens is 8. The van der Waals surface area contributed by atoms with E-state index in [1.807, 2.05) is 0 Å². The monoisotopic (exact) mass is 851 g/mol. The molecular formula is C36H45BClN12O6S2. The molecule has 0 spiro atoms. The molecule has 0 saturated heterocycles. The molecule has 6 aromatic rings. The zero-order valence-electron chi connectivity index (χ0n) is 31.6. The number of sulfonamides is 2. The fraction of sp³-hybridized carbons (Fsp3) is 0.389. The van der Waals surface area contributed by atoms with Gasteiger partial charge in [-0.05, 0) is 97.7 Å². The lowest BCUT2D eigenvalue weighted by Gasteiger charge is -2.21. The van der Waals surface area contributed by atoms with E-state index >= 15 is 0 Å². The maximum absolute atomic E-state index is 11.4. The van der Waals surface area contributed by atoms with Gasteiger partial charge in [-0.3, -0.25) is 10.2 Å². The van der Waals surface area contributed by atoms with Crippen molar-refractivity contribution in [2.45, 2.75) is 74.0 Å². The predicted octanol–water partition coefficient (Wildman–Crippen LogP) is 5.20. The summed E-state index contributed by atoms with van der Waals surface area (Å²) in [5, 5.41) is 28.3. The molecule has 4 heterocycles. The van der Waals surface area contributed by atoms with Gasteiger partial charge in [0.1, 0.15) is 10.8 Å². The molecule has 2 aliphatic carbocycles. The third-order valence-electron chi connectivity index (χ3n) is 9.53. The van der Waals surface area contributed by atoms with Crippen LogP contribution >= 0.6 is 11.6 Å². The molecule has 2 aromatic carbocycles. The lowest BCUT2D eigenvalue weighted by atomic mass is 9.90. The quantitative estimate of drug-likeness (QED) is 0.0587. The molecule has 18 nitrogen and oxygen atoms in total. The number of hydrogen-bond donors (Lipinski definition) is 6. The average molecular weight is 852 g/mol. The number of nitrogens with two attached hydrogens (primary N) is 3. The number of primary sulfonamides is 2. The van der Waals surface area contributed by atoms with E-state index in [1.165, 1.54) is 101 Å². The number of benzene rings is 2. The Bertz CT molecular complexity index is 2460. The maximum atomic E-state index is 11.4. The summed E-state index contributed by atoms with van der Waals surface area (Å²) in [5.74, 6) is 2.53. The van der Waals surface area contributed by atoms with Crippen LogP contribution in [0, 0.1) is 11.8 Å². The van der Waals surface area contributed by atoms with E-state index in [0.717, 1.165) is 10.8 Å². The Labute approximate surface area is 343 Å². The third-order valence-corrected chi connectivity index (χ3v) is 11.6. The first-order valence-corrected chi connectivity index (χ1v) is 21.9. The van der Waals surface area contributed by atoms with Crippen molar-refractivity contribution in [2.75, 3.05) is 24.3 Å². The Morgan fingerprint density at radius 2 is 1.10 bits per heavy atom. The van der Waals surface area contributed by atoms with Gasteiger partial charge in [0, 0.05) is 19.8 Å². The van der Waals surface area contributed by atoms with E-state index in [-0.39, 0.29) is 23.5 Å². The van der Waals surface area contributed by atoms with Crippen molar-refractivity contribution in [3.63, 3.8) is 0 Å². The van der Waals surface area contributed by atoms with Gasteiger partial charge in [-0.15, -0.1) is 0 Å². The molecule has 58 heavy (non-hydrogen) atoms. The summed E-state index contributed by atoms with van der Waals surface area (Å²) in [6.45, 7) is 1.33. The second kappa shape index (κ2) is 20.1. The predicted molar refractivity (Wildman–Crippen MR) is 222 cm³/mol. The van der Waals surface area contributed by atoms with Gasteiger partial charge in [0.05, 0.1) is 35.4 Å². The molecule has 9 N–H and O–H groups in total.